The predicted molar refractivity (Wildman–Crippen MR) is 194 cm³/mol. The van der Waals surface area contributed by atoms with Gasteiger partial charge in [-0.05, 0) is 105 Å². The smallest absolute Gasteiger partial charge is 0.337 e. The third-order valence-corrected chi connectivity index (χ3v) is 10.5. The zero-order valence-electron chi connectivity index (χ0n) is 28.8. The van der Waals surface area contributed by atoms with E-state index in [2.05, 4.69) is 15.6 Å². The molecule has 2 aliphatic carbocycles. The van der Waals surface area contributed by atoms with Crippen molar-refractivity contribution >= 4 is 11.0 Å². The molecule has 4 heterocycles. The van der Waals surface area contributed by atoms with Gasteiger partial charge in [-0.2, -0.15) is 0 Å². The van der Waals surface area contributed by atoms with Gasteiger partial charge in [0.1, 0.15) is 23.6 Å². The zero-order valence-corrected chi connectivity index (χ0v) is 28.8. The van der Waals surface area contributed by atoms with Gasteiger partial charge in [-0.3, -0.25) is 14.3 Å². The van der Waals surface area contributed by atoms with Crippen molar-refractivity contribution in [3.05, 3.63) is 123 Å². The number of aromatic nitrogens is 3. The minimum atomic E-state index is -0.670. The summed E-state index contributed by atoms with van der Waals surface area (Å²) in [6, 6.07) is 13.4. The Morgan fingerprint density at radius 3 is 2.65 bits per heavy atom. The van der Waals surface area contributed by atoms with Crippen LogP contribution in [0.2, 0.25) is 0 Å². The zero-order chi connectivity index (χ0) is 36.1. The largest absolute Gasteiger partial charge is 0.508 e. The summed E-state index contributed by atoms with van der Waals surface area (Å²) in [5.41, 5.74) is 2.16. The lowest BCUT2D eigenvalue weighted by Gasteiger charge is -2.30. The van der Waals surface area contributed by atoms with Crippen LogP contribution in [0.1, 0.15) is 50.1 Å². The number of phenols is 1. The molecule has 1 atom stereocenters. The fourth-order valence-corrected chi connectivity index (χ4v) is 7.78. The molecule has 2 aliphatic heterocycles. The van der Waals surface area contributed by atoms with Crippen molar-refractivity contribution in [3.8, 4) is 22.6 Å². The molecule has 8 rings (SSSR count). The highest BCUT2D eigenvalue weighted by Crippen LogP contribution is 2.37. The SMILES string of the molecule is CN(Cc1cc(O)ccc1-c1cccc(-n2c(=O)n([C@H]3CC[C@@H](NCC4=CN5C=C(F)C=CC5N4)CC3)c(=O)c3cc(F)cnc32)c1)CC1(O)CC1. The second-order valence-electron chi connectivity index (χ2n) is 14.6. The molecule has 0 saturated heterocycles. The number of aromatic hydroxyl groups is 1. The summed E-state index contributed by atoms with van der Waals surface area (Å²) in [6.07, 6.45) is 11.6. The molecule has 2 fully saturated rings. The first-order valence-corrected chi connectivity index (χ1v) is 17.7. The van der Waals surface area contributed by atoms with E-state index >= 15 is 0 Å². The molecule has 2 saturated carbocycles. The number of pyridine rings is 1. The van der Waals surface area contributed by atoms with Crippen molar-refractivity contribution in [2.75, 3.05) is 20.1 Å². The minimum absolute atomic E-state index is 0.0189. The molecule has 2 aromatic carbocycles. The van der Waals surface area contributed by atoms with Gasteiger partial charge >= 0.3 is 5.69 Å². The molecule has 0 amide bonds. The normalized spacial score (nSPS) is 21.9. The molecule has 4 aliphatic rings. The average molecular weight is 710 g/mol. The maximum atomic E-state index is 14.6. The number of nitrogens with zero attached hydrogens (tertiary/aromatic N) is 5. The Bertz CT molecular complexity index is 2250. The van der Waals surface area contributed by atoms with Crippen LogP contribution in [-0.2, 0) is 6.54 Å². The molecule has 13 heteroatoms. The van der Waals surface area contributed by atoms with E-state index in [0.29, 0.717) is 38.2 Å². The number of nitrogens with one attached hydrogen (secondary N) is 2. The summed E-state index contributed by atoms with van der Waals surface area (Å²) in [7, 11) is 1.93. The molecule has 0 bridgehead atoms. The summed E-state index contributed by atoms with van der Waals surface area (Å²) in [5.74, 6) is -0.850. The number of halogens is 2. The summed E-state index contributed by atoms with van der Waals surface area (Å²) in [5, 5.41) is 27.8. The van der Waals surface area contributed by atoms with Gasteiger partial charge in [0.05, 0.1) is 22.9 Å². The number of phenolic OH excluding ortho intramolecular Hbond substituents is 1. The number of hydrogen-bond donors (Lipinski definition) is 4. The maximum absolute atomic E-state index is 14.6. The quantitative estimate of drug-likeness (QED) is 0.188. The molecule has 52 heavy (non-hydrogen) atoms. The number of fused-ring (bicyclic) bond motifs is 2. The first kappa shape index (κ1) is 34.0. The Labute approximate surface area is 298 Å². The highest BCUT2D eigenvalue weighted by atomic mass is 19.1. The van der Waals surface area contributed by atoms with E-state index in [-0.39, 0.29) is 34.8 Å². The maximum Gasteiger partial charge on any atom is 0.337 e. The fraction of sp³-hybridized carbons (Fsp3) is 0.359. The van der Waals surface area contributed by atoms with Gasteiger partial charge in [-0.1, -0.05) is 18.2 Å². The van der Waals surface area contributed by atoms with Gasteiger partial charge in [0, 0.05) is 49.8 Å². The molecule has 4 N–H and O–H groups in total. The Hall–Kier alpha value is -5.11. The van der Waals surface area contributed by atoms with Crippen LogP contribution in [0.5, 0.6) is 5.75 Å². The van der Waals surface area contributed by atoms with Crippen LogP contribution >= 0.6 is 0 Å². The molecule has 4 aromatic rings. The van der Waals surface area contributed by atoms with Crippen molar-refractivity contribution in [1.29, 1.82) is 0 Å². The number of aliphatic hydroxyl groups is 1. The summed E-state index contributed by atoms with van der Waals surface area (Å²) < 4.78 is 30.9. The van der Waals surface area contributed by atoms with Crippen LogP contribution in [-0.4, -0.2) is 72.1 Å². The van der Waals surface area contributed by atoms with E-state index in [1.54, 1.807) is 29.2 Å². The van der Waals surface area contributed by atoms with Gasteiger partial charge in [0.15, 0.2) is 5.65 Å². The van der Waals surface area contributed by atoms with E-state index < -0.39 is 28.7 Å². The van der Waals surface area contributed by atoms with Crippen LogP contribution in [0.25, 0.3) is 27.8 Å². The lowest BCUT2D eigenvalue weighted by Crippen LogP contribution is -2.45. The Kier molecular flexibility index (Phi) is 8.80. The first-order chi connectivity index (χ1) is 25.0. The number of hydrogen-bond acceptors (Lipinski definition) is 9. The van der Waals surface area contributed by atoms with Crippen molar-refractivity contribution < 1.29 is 19.0 Å². The van der Waals surface area contributed by atoms with Crippen LogP contribution in [0.3, 0.4) is 0 Å². The highest BCUT2D eigenvalue weighted by molar-refractivity contribution is 5.77. The second kappa shape index (κ2) is 13.5. The monoisotopic (exact) mass is 709 g/mol. The summed E-state index contributed by atoms with van der Waals surface area (Å²) in [6.45, 7) is 1.55. The van der Waals surface area contributed by atoms with Crippen LogP contribution in [0.15, 0.2) is 100 Å². The van der Waals surface area contributed by atoms with Crippen molar-refractivity contribution in [2.45, 2.75) is 68.9 Å². The Morgan fingerprint density at radius 2 is 1.87 bits per heavy atom. The topological polar surface area (TPSA) is 128 Å². The van der Waals surface area contributed by atoms with Crippen LogP contribution in [0.4, 0.5) is 8.78 Å². The Morgan fingerprint density at radius 1 is 1.06 bits per heavy atom. The standard InChI is InChI=1S/C39H41F2N7O4/c1-45(23-39(52)13-14-39)20-25-16-32(49)10-11-33(25)24-3-2-4-31(15-24)47-36-34(17-27(41)18-43-36)37(50)48(38(47)51)30-8-6-28(7-9-30)42-19-29-22-46-21-26(40)5-12-35(46)44-29/h2-5,10-12,15-18,21-22,28,30,35,42,44,49,52H,6-9,13-14,19-20,23H2,1H3/t28-,30+,35?. The number of likely N-dealkylation sites (N-methyl/N-ethyl adjacent to an activating group) is 1. The molecule has 0 radical (unpaired) electrons. The molecule has 1 unspecified atom stereocenters. The second-order valence-corrected chi connectivity index (χ2v) is 14.6. The van der Waals surface area contributed by atoms with Gasteiger partial charge in [-0.15, -0.1) is 0 Å². The molecule has 11 nitrogen and oxygen atoms in total. The highest BCUT2D eigenvalue weighted by Gasteiger charge is 2.41. The predicted octanol–water partition coefficient (Wildman–Crippen LogP) is 4.54. The minimum Gasteiger partial charge on any atom is -0.508 e. The number of allylic oxidation sites excluding steroid dienone is 2. The van der Waals surface area contributed by atoms with Crippen molar-refractivity contribution in [3.63, 3.8) is 0 Å². The molecule has 270 valence electrons. The van der Waals surface area contributed by atoms with Crippen molar-refractivity contribution in [2.24, 2.45) is 0 Å². The fourth-order valence-electron chi connectivity index (χ4n) is 7.78. The van der Waals surface area contributed by atoms with Gasteiger partial charge in [-0.25, -0.2) is 23.1 Å². The lowest BCUT2D eigenvalue weighted by atomic mass is 9.91. The lowest BCUT2D eigenvalue weighted by molar-refractivity contribution is 0.101. The van der Waals surface area contributed by atoms with Gasteiger partial charge in [0.25, 0.3) is 5.56 Å². The van der Waals surface area contributed by atoms with Crippen molar-refractivity contribution in [1.82, 2.24) is 34.6 Å². The first-order valence-electron chi connectivity index (χ1n) is 17.7. The van der Waals surface area contributed by atoms with Gasteiger partial charge < -0.3 is 25.7 Å². The summed E-state index contributed by atoms with van der Waals surface area (Å²) in [4.78, 5) is 36.4. The summed E-state index contributed by atoms with van der Waals surface area (Å²) >= 11 is 0. The van der Waals surface area contributed by atoms with E-state index in [1.165, 1.54) is 21.4 Å². The molecular weight excluding hydrogens is 668 g/mol. The third kappa shape index (κ3) is 6.79. The van der Waals surface area contributed by atoms with Crippen LogP contribution < -0.4 is 21.9 Å². The molecular formula is C39H41F2N7O4. The van der Waals surface area contributed by atoms with Crippen LogP contribution in [0, 0.1) is 5.82 Å². The average Bonchev–Trinajstić information content (AvgIpc) is 3.70. The molecule has 2 aromatic heterocycles. The van der Waals surface area contributed by atoms with E-state index in [4.69, 9.17) is 0 Å². The van der Waals surface area contributed by atoms with E-state index in [9.17, 15) is 28.6 Å². The third-order valence-electron chi connectivity index (χ3n) is 10.5. The van der Waals surface area contributed by atoms with Gasteiger partial charge in [0.2, 0.25) is 0 Å². The number of rotatable bonds is 10. The molecule has 0 spiro atoms. The number of benzene rings is 2. The Balaban J connectivity index is 1.07. The van der Waals surface area contributed by atoms with E-state index in [0.717, 1.165) is 60.3 Å². The van der Waals surface area contributed by atoms with E-state index in [1.807, 2.05) is 42.4 Å².